The van der Waals surface area contributed by atoms with Crippen LogP contribution in [0.1, 0.15) is 23.7 Å². The van der Waals surface area contributed by atoms with Crippen LogP contribution < -0.4 is 0 Å². The van der Waals surface area contributed by atoms with Gasteiger partial charge in [-0.1, -0.05) is 30.1 Å². The van der Waals surface area contributed by atoms with Crippen molar-refractivity contribution in [3.05, 3.63) is 33.8 Å². The van der Waals surface area contributed by atoms with Gasteiger partial charge in [0.1, 0.15) is 0 Å². The zero-order valence-corrected chi connectivity index (χ0v) is 11.6. The van der Waals surface area contributed by atoms with Gasteiger partial charge in [0, 0.05) is 28.7 Å². The Morgan fingerprint density at radius 2 is 1.94 bits per heavy atom. The van der Waals surface area contributed by atoms with Crippen molar-refractivity contribution in [3.8, 4) is 0 Å². The van der Waals surface area contributed by atoms with Crippen LogP contribution in [0.5, 0.6) is 0 Å². The van der Waals surface area contributed by atoms with Gasteiger partial charge in [-0.2, -0.15) is 0 Å². The van der Waals surface area contributed by atoms with Crippen LogP contribution in [0.3, 0.4) is 0 Å². The molecule has 0 spiro atoms. The topological polar surface area (TPSA) is 40.5 Å². The number of halogens is 2. The second kappa shape index (κ2) is 5.47. The van der Waals surface area contributed by atoms with Crippen molar-refractivity contribution in [2.24, 2.45) is 5.92 Å². The molecular formula is C13H15Cl2NO2. The molecule has 2 unspecified atom stereocenters. The normalized spacial score (nSPS) is 24.1. The van der Waals surface area contributed by atoms with E-state index < -0.39 is 0 Å². The van der Waals surface area contributed by atoms with Crippen molar-refractivity contribution in [1.82, 2.24) is 4.90 Å². The molecule has 0 aliphatic carbocycles. The minimum absolute atomic E-state index is 0.0850. The Kier molecular flexibility index (Phi) is 4.15. The third-order valence-electron chi connectivity index (χ3n) is 3.26. The summed E-state index contributed by atoms with van der Waals surface area (Å²) in [7, 11) is 0. The molecular weight excluding hydrogens is 273 g/mol. The minimum Gasteiger partial charge on any atom is -0.393 e. The summed E-state index contributed by atoms with van der Waals surface area (Å²) in [6, 6.07) is 4.83. The van der Waals surface area contributed by atoms with Crippen molar-refractivity contribution in [3.63, 3.8) is 0 Å². The lowest BCUT2D eigenvalue weighted by molar-refractivity contribution is 0.0297. The van der Waals surface area contributed by atoms with Crippen molar-refractivity contribution in [1.29, 1.82) is 0 Å². The van der Waals surface area contributed by atoms with Crippen molar-refractivity contribution >= 4 is 29.1 Å². The molecule has 0 radical (unpaired) electrons. The van der Waals surface area contributed by atoms with E-state index in [-0.39, 0.29) is 17.9 Å². The summed E-state index contributed by atoms with van der Waals surface area (Å²) in [6.07, 6.45) is 0.290. The molecule has 1 fully saturated rings. The maximum atomic E-state index is 12.3. The highest BCUT2D eigenvalue weighted by molar-refractivity contribution is 6.35. The first kappa shape index (κ1) is 13.7. The second-order valence-corrected chi connectivity index (χ2v) is 5.62. The van der Waals surface area contributed by atoms with Gasteiger partial charge in [-0.25, -0.2) is 0 Å². The zero-order valence-electron chi connectivity index (χ0n) is 10.1. The lowest BCUT2D eigenvalue weighted by atomic mass is 9.96. The van der Waals surface area contributed by atoms with E-state index in [0.717, 1.165) is 0 Å². The maximum Gasteiger partial charge on any atom is 0.253 e. The number of hydrogen-bond acceptors (Lipinski definition) is 2. The van der Waals surface area contributed by atoms with E-state index in [4.69, 9.17) is 23.2 Å². The van der Waals surface area contributed by atoms with Gasteiger partial charge in [0.15, 0.2) is 0 Å². The van der Waals surface area contributed by atoms with Crippen LogP contribution in [0, 0.1) is 5.92 Å². The highest BCUT2D eigenvalue weighted by Crippen LogP contribution is 2.23. The third kappa shape index (κ3) is 2.97. The number of aliphatic hydroxyl groups excluding tert-OH is 1. The number of benzene rings is 1. The Morgan fingerprint density at radius 3 is 2.50 bits per heavy atom. The molecule has 1 N–H and O–H groups in total. The number of likely N-dealkylation sites (tertiary alicyclic amines) is 1. The molecule has 1 aliphatic heterocycles. The smallest absolute Gasteiger partial charge is 0.253 e. The van der Waals surface area contributed by atoms with Gasteiger partial charge in [-0.3, -0.25) is 4.79 Å². The van der Waals surface area contributed by atoms with E-state index in [1.165, 1.54) is 0 Å². The number of carbonyl (C=O) groups is 1. The van der Waals surface area contributed by atoms with Gasteiger partial charge in [0.2, 0.25) is 0 Å². The average Bonchev–Trinajstić information content (AvgIpc) is 2.30. The van der Waals surface area contributed by atoms with Gasteiger partial charge < -0.3 is 10.0 Å². The molecule has 1 amide bonds. The van der Waals surface area contributed by atoms with Crippen molar-refractivity contribution < 1.29 is 9.90 Å². The number of amides is 1. The van der Waals surface area contributed by atoms with Gasteiger partial charge in [0.25, 0.3) is 5.91 Å². The fraction of sp³-hybridized carbons (Fsp3) is 0.462. The van der Waals surface area contributed by atoms with Gasteiger partial charge >= 0.3 is 0 Å². The lowest BCUT2D eigenvalue weighted by Gasteiger charge is -2.34. The molecule has 2 rings (SSSR count). The molecule has 98 valence electrons. The number of carbonyl (C=O) groups excluding carboxylic acids is 1. The highest BCUT2D eigenvalue weighted by Gasteiger charge is 2.27. The number of nitrogens with zero attached hydrogens (tertiary/aromatic N) is 1. The first-order chi connectivity index (χ1) is 8.47. The fourth-order valence-electron chi connectivity index (χ4n) is 2.18. The monoisotopic (exact) mass is 287 g/mol. The molecule has 0 bridgehead atoms. The summed E-state index contributed by atoms with van der Waals surface area (Å²) in [6.45, 7) is 3.06. The standard InChI is InChI=1S/C13H15Cl2NO2/c1-8-7-16(3-2-12(8)17)13(18)9-4-10(14)6-11(15)5-9/h4-6,8,12,17H,2-3,7H2,1H3. The highest BCUT2D eigenvalue weighted by atomic mass is 35.5. The van der Waals surface area contributed by atoms with Crippen LogP contribution in [0.15, 0.2) is 18.2 Å². The molecule has 0 saturated carbocycles. The Bertz CT molecular complexity index is 444. The molecule has 1 aromatic carbocycles. The van der Waals surface area contributed by atoms with E-state index >= 15 is 0 Å². The largest absolute Gasteiger partial charge is 0.393 e. The van der Waals surface area contributed by atoms with E-state index in [2.05, 4.69) is 0 Å². The number of piperidine rings is 1. The summed E-state index contributed by atoms with van der Waals surface area (Å²) in [4.78, 5) is 14.0. The van der Waals surface area contributed by atoms with Gasteiger partial charge in [0.05, 0.1) is 6.10 Å². The molecule has 1 aromatic rings. The number of hydrogen-bond donors (Lipinski definition) is 1. The average molecular weight is 288 g/mol. The third-order valence-corrected chi connectivity index (χ3v) is 3.69. The van der Waals surface area contributed by atoms with Crippen LogP contribution in [-0.2, 0) is 0 Å². The van der Waals surface area contributed by atoms with E-state index in [1.807, 2.05) is 6.92 Å². The van der Waals surface area contributed by atoms with Crippen LogP contribution in [0.25, 0.3) is 0 Å². The summed E-state index contributed by atoms with van der Waals surface area (Å²) in [5, 5.41) is 10.6. The van der Waals surface area contributed by atoms with Crippen LogP contribution >= 0.6 is 23.2 Å². The van der Waals surface area contributed by atoms with Gasteiger partial charge in [-0.15, -0.1) is 0 Å². The Labute approximate surface area is 116 Å². The van der Waals surface area contributed by atoms with Crippen LogP contribution in [-0.4, -0.2) is 35.1 Å². The molecule has 18 heavy (non-hydrogen) atoms. The molecule has 1 heterocycles. The Hall–Kier alpha value is -0.770. The first-order valence-electron chi connectivity index (χ1n) is 5.91. The zero-order chi connectivity index (χ0) is 13.3. The molecule has 2 atom stereocenters. The second-order valence-electron chi connectivity index (χ2n) is 4.74. The quantitative estimate of drug-likeness (QED) is 0.863. The van der Waals surface area contributed by atoms with Gasteiger partial charge in [-0.05, 0) is 30.5 Å². The minimum atomic E-state index is -0.322. The maximum absolute atomic E-state index is 12.3. The van der Waals surface area contributed by atoms with Crippen molar-refractivity contribution in [2.75, 3.05) is 13.1 Å². The first-order valence-corrected chi connectivity index (χ1v) is 6.66. The predicted octanol–water partition coefficient (Wildman–Crippen LogP) is 2.84. The molecule has 3 nitrogen and oxygen atoms in total. The summed E-state index contributed by atoms with van der Waals surface area (Å²) in [5.41, 5.74) is 0.496. The van der Waals surface area contributed by atoms with E-state index in [9.17, 15) is 9.90 Å². The Balaban J connectivity index is 2.16. The summed E-state index contributed by atoms with van der Waals surface area (Å²) in [5.74, 6) is 0.00973. The van der Waals surface area contributed by atoms with Crippen LogP contribution in [0.4, 0.5) is 0 Å². The summed E-state index contributed by atoms with van der Waals surface area (Å²) >= 11 is 11.8. The van der Waals surface area contributed by atoms with Crippen molar-refractivity contribution in [2.45, 2.75) is 19.4 Å². The van der Waals surface area contributed by atoms with E-state index in [0.29, 0.717) is 35.1 Å². The van der Waals surface area contributed by atoms with Crippen LogP contribution in [0.2, 0.25) is 10.0 Å². The summed E-state index contributed by atoms with van der Waals surface area (Å²) < 4.78 is 0. The molecule has 5 heteroatoms. The fourth-order valence-corrected chi connectivity index (χ4v) is 2.70. The number of aliphatic hydroxyl groups is 1. The van der Waals surface area contributed by atoms with E-state index in [1.54, 1.807) is 23.1 Å². The Morgan fingerprint density at radius 1 is 1.33 bits per heavy atom. The molecule has 1 aliphatic rings. The SMILES string of the molecule is CC1CN(C(=O)c2cc(Cl)cc(Cl)c2)CCC1O. The molecule has 1 saturated heterocycles. The lowest BCUT2D eigenvalue weighted by Crippen LogP contribution is -2.44. The molecule has 0 aromatic heterocycles. The number of rotatable bonds is 1. The predicted molar refractivity (Wildman–Crippen MR) is 72.2 cm³/mol.